The highest BCUT2D eigenvalue weighted by molar-refractivity contribution is 6.51. The second kappa shape index (κ2) is 8.31. The summed E-state index contributed by atoms with van der Waals surface area (Å²) < 4.78 is 2.06. The Hall–Kier alpha value is -4.17. The summed E-state index contributed by atoms with van der Waals surface area (Å²) in [6.45, 7) is 2.91. The molecule has 34 heavy (non-hydrogen) atoms. The minimum Gasteiger partial charge on any atom is -0.361 e. The van der Waals surface area contributed by atoms with Gasteiger partial charge >= 0.3 is 0 Å². The number of likely N-dealkylation sites (N-methyl/N-ethyl adjacent to an activating group) is 1. The Balaban J connectivity index is 1.81. The van der Waals surface area contributed by atoms with Gasteiger partial charge in [0.25, 0.3) is 11.8 Å². The lowest BCUT2D eigenvalue weighted by molar-refractivity contribution is -0.122. The van der Waals surface area contributed by atoms with Gasteiger partial charge in [-0.15, -0.1) is 0 Å². The van der Waals surface area contributed by atoms with Crippen LogP contribution in [0.4, 0.5) is 5.69 Å². The van der Waals surface area contributed by atoms with E-state index in [9.17, 15) is 14.4 Å². The van der Waals surface area contributed by atoms with Gasteiger partial charge in [-0.05, 0) is 32.3 Å². The van der Waals surface area contributed by atoms with E-state index in [0.717, 1.165) is 28.4 Å². The molecule has 0 fully saturated rings. The molecule has 1 aliphatic heterocycles. The van der Waals surface area contributed by atoms with E-state index >= 15 is 0 Å². The highest BCUT2D eigenvalue weighted by atomic mass is 16.2. The van der Waals surface area contributed by atoms with E-state index in [2.05, 4.69) is 25.1 Å². The van der Waals surface area contributed by atoms with Gasteiger partial charge in [-0.3, -0.25) is 19.7 Å². The molecule has 8 heteroatoms. The molecule has 4 aromatic rings. The van der Waals surface area contributed by atoms with E-state index in [1.54, 1.807) is 6.20 Å². The van der Waals surface area contributed by atoms with Crippen molar-refractivity contribution < 1.29 is 14.4 Å². The first-order valence-corrected chi connectivity index (χ1v) is 11.1. The quantitative estimate of drug-likeness (QED) is 0.389. The van der Waals surface area contributed by atoms with Gasteiger partial charge in [0.15, 0.2) is 0 Å². The average molecular weight is 456 g/mol. The molecule has 2 aromatic carbocycles. The maximum atomic E-state index is 13.2. The molecule has 3 heterocycles. The molecule has 172 valence electrons. The predicted molar refractivity (Wildman–Crippen MR) is 133 cm³/mol. The number of benzene rings is 2. The summed E-state index contributed by atoms with van der Waals surface area (Å²) >= 11 is 0. The van der Waals surface area contributed by atoms with Crippen LogP contribution < -0.4 is 10.6 Å². The summed E-state index contributed by atoms with van der Waals surface area (Å²) in [7, 11) is 3.99. The van der Waals surface area contributed by atoms with Crippen LogP contribution in [0.5, 0.6) is 0 Å². The number of para-hydroxylation sites is 1. The Bertz CT molecular complexity index is 1510. The Kier molecular flexibility index (Phi) is 5.30. The number of hydrogen-bond acceptors (Lipinski definition) is 4. The first-order chi connectivity index (χ1) is 16.3. The number of nitrogens with one attached hydrogen (secondary N) is 3. The van der Waals surface area contributed by atoms with Crippen LogP contribution in [0.3, 0.4) is 0 Å². The molecule has 2 aromatic heterocycles. The summed E-state index contributed by atoms with van der Waals surface area (Å²) in [5.41, 5.74) is 4.26. The third kappa shape index (κ3) is 3.58. The number of amides is 3. The van der Waals surface area contributed by atoms with Gasteiger partial charge in [0.05, 0.1) is 22.4 Å². The second-order valence-corrected chi connectivity index (χ2v) is 8.70. The number of nitrogens with zero attached hydrogens (tertiary/aromatic N) is 2. The normalized spacial score (nSPS) is 14.0. The molecule has 0 unspecified atom stereocenters. The first-order valence-electron chi connectivity index (χ1n) is 11.1. The molecule has 0 atom stereocenters. The van der Waals surface area contributed by atoms with Crippen molar-refractivity contribution in [1.29, 1.82) is 0 Å². The second-order valence-electron chi connectivity index (χ2n) is 8.70. The van der Waals surface area contributed by atoms with Crippen LogP contribution in [0.25, 0.3) is 33.0 Å². The van der Waals surface area contributed by atoms with Crippen molar-refractivity contribution in [1.82, 2.24) is 19.8 Å². The maximum Gasteiger partial charge on any atom is 0.259 e. The number of imide groups is 1. The summed E-state index contributed by atoms with van der Waals surface area (Å²) in [6.07, 6.45) is 3.67. The number of rotatable bonds is 6. The molecule has 0 aliphatic carbocycles. The number of carbonyl (C=O) groups is 3. The molecule has 3 amide bonds. The van der Waals surface area contributed by atoms with E-state index in [1.165, 1.54) is 6.92 Å². The van der Waals surface area contributed by atoms with Crippen molar-refractivity contribution in [2.75, 3.05) is 26.0 Å². The van der Waals surface area contributed by atoms with Crippen molar-refractivity contribution in [3.8, 4) is 0 Å². The molecular weight excluding hydrogens is 430 g/mol. The number of anilines is 1. The van der Waals surface area contributed by atoms with Crippen molar-refractivity contribution in [2.24, 2.45) is 0 Å². The van der Waals surface area contributed by atoms with Gasteiger partial charge in [-0.2, -0.15) is 0 Å². The standard InChI is InChI=1S/C26H25N5O3/c1-15(32)28-20-9-6-10-21-22(20)18(14-31(21)12-11-30(2)3)24-23(25(33)29-26(24)34)17-13-27-19-8-5-4-7-16(17)19/h4-10,13-14,27H,11-12H2,1-3H3,(H,28,32)(H,29,33,34). The molecule has 0 spiro atoms. The third-order valence-electron chi connectivity index (χ3n) is 6.06. The average Bonchev–Trinajstić information content (AvgIpc) is 3.45. The van der Waals surface area contributed by atoms with Crippen molar-refractivity contribution in [3.05, 3.63) is 66.0 Å². The summed E-state index contributed by atoms with van der Waals surface area (Å²) in [5.74, 6) is -1.09. The zero-order valence-electron chi connectivity index (χ0n) is 19.2. The molecule has 0 saturated carbocycles. The smallest absolute Gasteiger partial charge is 0.259 e. The lowest BCUT2D eigenvalue weighted by atomic mass is 9.95. The van der Waals surface area contributed by atoms with Gasteiger partial charge in [-0.1, -0.05) is 24.3 Å². The van der Waals surface area contributed by atoms with Crippen molar-refractivity contribution >= 4 is 56.4 Å². The first kappa shape index (κ1) is 21.7. The summed E-state index contributed by atoms with van der Waals surface area (Å²) in [6, 6.07) is 13.3. The van der Waals surface area contributed by atoms with Crippen molar-refractivity contribution in [2.45, 2.75) is 13.5 Å². The molecule has 5 rings (SSSR count). The highest BCUT2D eigenvalue weighted by Gasteiger charge is 2.35. The lowest BCUT2D eigenvalue weighted by Crippen LogP contribution is -2.22. The fourth-order valence-electron chi connectivity index (χ4n) is 4.58. The van der Waals surface area contributed by atoms with E-state index in [0.29, 0.717) is 34.5 Å². The van der Waals surface area contributed by atoms with Gasteiger partial charge < -0.3 is 19.8 Å². The molecule has 0 radical (unpaired) electrons. The van der Waals surface area contributed by atoms with Crippen LogP contribution in [0, 0.1) is 0 Å². The molecule has 0 saturated heterocycles. The minimum atomic E-state index is -0.449. The highest BCUT2D eigenvalue weighted by Crippen LogP contribution is 2.40. The molecule has 0 bridgehead atoms. The minimum absolute atomic E-state index is 0.211. The fourth-order valence-corrected chi connectivity index (χ4v) is 4.58. The molecule has 1 aliphatic rings. The van der Waals surface area contributed by atoms with Crippen LogP contribution in [0.15, 0.2) is 54.9 Å². The third-order valence-corrected chi connectivity index (χ3v) is 6.06. The van der Waals surface area contributed by atoms with Gasteiger partial charge in [0.1, 0.15) is 0 Å². The monoisotopic (exact) mass is 455 g/mol. The number of aromatic amines is 1. The van der Waals surface area contributed by atoms with Crippen LogP contribution >= 0.6 is 0 Å². The van der Waals surface area contributed by atoms with Gasteiger partial charge in [-0.25, -0.2) is 0 Å². The fraction of sp³-hybridized carbons (Fsp3) is 0.192. The van der Waals surface area contributed by atoms with Crippen LogP contribution in [0.2, 0.25) is 0 Å². The number of carbonyl (C=O) groups excluding carboxylic acids is 3. The number of hydrogen-bond donors (Lipinski definition) is 3. The SMILES string of the molecule is CC(=O)Nc1cccc2c1c(C1=C(c3c[nH]c4ccccc34)C(=O)NC1=O)cn2CCN(C)C. The Morgan fingerprint density at radius 3 is 2.47 bits per heavy atom. The number of aromatic nitrogens is 2. The van der Waals surface area contributed by atoms with Crippen molar-refractivity contribution in [3.63, 3.8) is 0 Å². The Morgan fingerprint density at radius 2 is 1.74 bits per heavy atom. The lowest BCUT2D eigenvalue weighted by Gasteiger charge is -2.11. The van der Waals surface area contributed by atoms with E-state index in [4.69, 9.17) is 0 Å². The van der Waals surface area contributed by atoms with Gasteiger partial charge in [0.2, 0.25) is 5.91 Å². The van der Waals surface area contributed by atoms with E-state index in [1.807, 2.05) is 62.8 Å². The van der Waals surface area contributed by atoms with Gasteiger partial charge in [0, 0.05) is 59.8 Å². The number of H-pyrrole nitrogens is 1. The largest absolute Gasteiger partial charge is 0.361 e. The maximum absolute atomic E-state index is 13.2. The number of fused-ring (bicyclic) bond motifs is 2. The molecule has 3 N–H and O–H groups in total. The van der Waals surface area contributed by atoms with Crippen LogP contribution in [-0.4, -0.2) is 52.8 Å². The molecular formula is C26H25N5O3. The van der Waals surface area contributed by atoms with Crippen LogP contribution in [0.1, 0.15) is 18.1 Å². The van der Waals surface area contributed by atoms with Crippen LogP contribution in [-0.2, 0) is 20.9 Å². The zero-order valence-corrected chi connectivity index (χ0v) is 19.2. The van der Waals surface area contributed by atoms with E-state index < -0.39 is 11.8 Å². The Labute approximate surface area is 196 Å². The summed E-state index contributed by atoms with van der Waals surface area (Å²) in [5, 5.41) is 6.96. The van der Waals surface area contributed by atoms with E-state index in [-0.39, 0.29) is 5.91 Å². The molecule has 8 nitrogen and oxygen atoms in total. The topological polar surface area (TPSA) is 99.2 Å². The zero-order chi connectivity index (χ0) is 24.0. The summed E-state index contributed by atoms with van der Waals surface area (Å²) in [4.78, 5) is 43.4. The predicted octanol–water partition coefficient (Wildman–Crippen LogP) is 3.21. The Morgan fingerprint density at radius 1 is 1.00 bits per heavy atom.